The largest absolute Gasteiger partial charge is 0.325 e. The van der Waals surface area contributed by atoms with Gasteiger partial charge in [0.25, 0.3) is 0 Å². The number of hydrogen-bond donors (Lipinski definition) is 1. The van der Waals surface area contributed by atoms with Gasteiger partial charge in [-0.2, -0.15) is 0 Å². The summed E-state index contributed by atoms with van der Waals surface area (Å²) in [4.78, 5) is 0. The fraction of sp³-hybridized carbons (Fsp3) is 1.00. The lowest BCUT2D eigenvalue weighted by molar-refractivity contribution is 0.406. The van der Waals surface area contributed by atoms with Crippen LogP contribution in [-0.4, -0.2) is 25.5 Å². The standard InChI is InChI=1S/C9H17NO2S/c10-9(4-5-9)8-3-1-2-6-13(11,12)7-8/h8H,1-7,10H2. The molecule has 0 amide bonds. The van der Waals surface area contributed by atoms with Gasteiger partial charge in [0.15, 0.2) is 9.84 Å². The van der Waals surface area contributed by atoms with Crippen LogP contribution in [0, 0.1) is 5.92 Å². The lowest BCUT2D eigenvalue weighted by Crippen LogP contribution is -2.36. The second-order valence-electron chi connectivity index (χ2n) is 4.54. The number of hydrogen-bond acceptors (Lipinski definition) is 3. The molecule has 1 saturated carbocycles. The molecule has 2 aliphatic rings. The zero-order valence-corrected chi connectivity index (χ0v) is 8.65. The molecular weight excluding hydrogens is 186 g/mol. The highest BCUT2D eigenvalue weighted by atomic mass is 32.2. The Hall–Kier alpha value is -0.0900. The number of sulfone groups is 1. The molecule has 1 atom stereocenters. The molecule has 1 unspecified atom stereocenters. The van der Waals surface area contributed by atoms with Crippen molar-refractivity contribution >= 4 is 9.84 Å². The molecule has 0 aromatic carbocycles. The van der Waals surface area contributed by atoms with E-state index < -0.39 is 9.84 Å². The van der Waals surface area contributed by atoms with E-state index in [1.165, 1.54) is 0 Å². The molecule has 0 aromatic rings. The van der Waals surface area contributed by atoms with Crippen LogP contribution in [0.25, 0.3) is 0 Å². The molecule has 1 aliphatic heterocycles. The molecule has 3 nitrogen and oxygen atoms in total. The number of rotatable bonds is 1. The normalized spacial score (nSPS) is 36.5. The first-order valence-electron chi connectivity index (χ1n) is 5.01. The van der Waals surface area contributed by atoms with Gasteiger partial charge in [-0.1, -0.05) is 6.42 Å². The van der Waals surface area contributed by atoms with Crippen LogP contribution in [0.1, 0.15) is 32.1 Å². The van der Waals surface area contributed by atoms with Crippen molar-refractivity contribution in [1.29, 1.82) is 0 Å². The summed E-state index contributed by atoms with van der Waals surface area (Å²) in [5, 5.41) is 0. The Morgan fingerprint density at radius 3 is 2.54 bits per heavy atom. The van der Waals surface area contributed by atoms with Gasteiger partial charge in [-0.05, 0) is 31.6 Å². The smallest absolute Gasteiger partial charge is 0.150 e. The minimum absolute atomic E-state index is 0.114. The SMILES string of the molecule is NC1(C2CCCCS(=O)(=O)C2)CC1. The van der Waals surface area contributed by atoms with Crippen LogP contribution >= 0.6 is 0 Å². The van der Waals surface area contributed by atoms with Gasteiger partial charge in [-0.15, -0.1) is 0 Å². The average molecular weight is 203 g/mol. The Balaban J connectivity index is 2.11. The third kappa shape index (κ3) is 2.05. The van der Waals surface area contributed by atoms with Crippen LogP contribution in [0.3, 0.4) is 0 Å². The minimum atomic E-state index is -2.79. The van der Waals surface area contributed by atoms with E-state index in [1.807, 2.05) is 0 Å². The minimum Gasteiger partial charge on any atom is -0.325 e. The van der Waals surface area contributed by atoms with Gasteiger partial charge in [-0.25, -0.2) is 8.42 Å². The van der Waals surface area contributed by atoms with Gasteiger partial charge in [-0.3, -0.25) is 0 Å². The lowest BCUT2D eigenvalue weighted by Gasteiger charge is -2.20. The fourth-order valence-corrected chi connectivity index (χ4v) is 4.11. The second kappa shape index (κ2) is 2.95. The van der Waals surface area contributed by atoms with Crippen LogP contribution in [-0.2, 0) is 9.84 Å². The topological polar surface area (TPSA) is 60.2 Å². The molecule has 1 aliphatic carbocycles. The summed E-state index contributed by atoms with van der Waals surface area (Å²) in [5.41, 5.74) is 5.93. The second-order valence-corrected chi connectivity index (χ2v) is 6.77. The van der Waals surface area contributed by atoms with E-state index in [9.17, 15) is 8.42 Å². The molecule has 0 aromatic heterocycles. The van der Waals surface area contributed by atoms with Gasteiger partial charge >= 0.3 is 0 Å². The van der Waals surface area contributed by atoms with E-state index in [0.29, 0.717) is 11.5 Å². The first-order chi connectivity index (χ1) is 6.02. The molecule has 4 heteroatoms. The van der Waals surface area contributed by atoms with Gasteiger partial charge in [0.1, 0.15) is 0 Å². The molecule has 2 rings (SSSR count). The third-order valence-electron chi connectivity index (χ3n) is 3.35. The van der Waals surface area contributed by atoms with E-state index in [-0.39, 0.29) is 11.5 Å². The first-order valence-corrected chi connectivity index (χ1v) is 6.83. The van der Waals surface area contributed by atoms with E-state index in [4.69, 9.17) is 5.73 Å². The number of nitrogens with two attached hydrogens (primary N) is 1. The zero-order valence-electron chi connectivity index (χ0n) is 7.83. The molecule has 76 valence electrons. The van der Waals surface area contributed by atoms with Crippen molar-refractivity contribution in [3.63, 3.8) is 0 Å². The summed E-state index contributed by atoms with van der Waals surface area (Å²) in [6.45, 7) is 0. The van der Waals surface area contributed by atoms with E-state index in [1.54, 1.807) is 0 Å². The molecular formula is C9H17NO2S. The van der Waals surface area contributed by atoms with Crippen LogP contribution in [0.5, 0.6) is 0 Å². The van der Waals surface area contributed by atoms with Gasteiger partial charge in [0, 0.05) is 5.54 Å². The predicted molar refractivity (Wildman–Crippen MR) is 52.1 cm³/mol. The maximum absolute atomic E-state index is 11.5. The Morgan fingerprint density at radius 2 is 1.92 bits per heavy atom. The average Bonchev–Trinajstić information content (AvgIpc) is 2.76. The molecule has 2 fully saturated rings. The Kier molecular flexibility index (Phi) is 2.15. The molecule has 1 heterocycles. The zero-order chi connectivity index (χ0) is 9.53. The highest BCUT2D eigenvalue weighted by molar-refractivity contribution is 7.91. The quantitative estimate of drug-likeness (QED) is 0.682. The van der Waals surface area contributed by atoms with Gasteiger partial charge in [0.05, 0.1) is 11.5 Å². The summed E-state index contributed by atoms with van der Waals surface area (Å²) in [7, 11) is -2.79. The third-order valence-corrected chi connectivity index (χ3v) is 5.17. The monoisotopic (exact) mass is 203 g/mol. The summed E-state index contributed by atoms with van der Waals surface area (Å²) in [5.74, 6) is 0.947. The van der Waals surface area contributed by atoms with Crippen LogP contribution in [0.4, 0.5) is 0 Å². The van der Waals surface area contributed by atoms with Gasteiger partial charge < -0.3 is 5.73 Å². The van der Waals surface area contributed by atoms with Crippen molar-refractivity contribution < 1.29 is 8.42 Å². The van der Waals surface area contributed by atoms with Crippen molar-refractivity contribution in [2.75, 3.05) is 11.5 Å². The summed E-state index contributed by atoms with van der Waals surface area (Å²) in [6.07, 6.45) is 4.91. The molecule has 0 radical (unpaired) electrons. The lowest BCUT2D eigenvalue weighted by atomic mass is 9.94. The van der Waals surface area contributed by atoms with Crippen molar-refractivity contribution in [3.05, 3.63) is 0 Å². The Bertz CT molecular complexity index is 293. The van der Waals surface area contributed by atoms with Crippen molar-refractivity contribution in [3.8, 4) is 0 Å². The molecule has 2 N–H and O–H groups in total. The first kappa shape index (κ1) is 9.46. The molecule has 0 bridgehead atoms. The summed E-state index contributed by atoms with van der Waals surface area (Å²) < 4.78 is 23.0. The Labute approximate surface area is 79.6 Å². The predicted octanol–water partition coefficient (Wildman–Crippen LogP) is 0.693. The van der Waals surface area contributed by atoms with E-state index >= 15 is 0 Å². The summed E-state index contributed by atoms with van der Waals surface area (Å²) >= 11 is 0. The van der Waals surface area contributed by atoms with Crippen LogP contribution in [0.2, 0.25) is 0 Å². The highest BCUT2D eigenvalue weighted by Crippen LogP contribution is 2.43. The molecule has 0 spiro atoms. The summed E-state index contributed by atoms with van der Waals surface area (Å²) in [6, 6.07) is 0. The van der Waals surface area contributed by atoms with E-state index in [0.717, 1.165) is 32.1 Å². The van der Waals surface area contributed by atoms with E-state index in [2.05, 4.69) is 0 Å². The Morgan fingerprint density at radius 1 is 1.23 bits per heavy atom. The van der Waals surface area contributed by atoms with Crippen molar-refractivity contribution in [2.45, 2.75) is 37.6 Å². The maximum atomic E-state index is 11.5. The molecule has 13 heavy (non-hydrogen) atoms. The van der Waals surface area contributed by atoms with Gasteiger partial charge in [0.2, 0.25) is 0 Å². The molecule has 1 saturated heterocycles. The fourth-order valence-electron chi connectivity index (χ4n) is 2.19. The highest BCUT2D eigenvalue weighted by Gasteiger charge is 2.47. The van der Waals surface area contributed by atoms with Crippen LogP contribution < -0.4 is 5.73 Å². The van der Waals surface area contributed by atoms with Crippen LogP contribution in [0.15, 0.2) is 0 Å². The van der Waals surface area contributed by atoms with Crippen molar-refractivity contribution in [1.82, 2.24) is 0 Å². The van der Waals surface area contributed by atoms with Crippen molar-refractivity contribution in [2.24, 2.45) is 11.7 Å². The maximum Gasteiger partial charge on any atom is 0.150 e.